The van der Waals surface area contributed by atoms with Crippen molar-refractivity contribution in [2.45, 2.75) is 12.5 Å². The van der Waals surface area contributed by atoms with Gasteiger partial charge in [-0.2, -0.15) is 0 Å². The SMILES string of the molecule is Nc1ncccc1CC(O)c1c(F)cccc1F. The van der Waals surface area contributed by atoms with Gasteiger partial charge in [0.2, 0.25) is 0 Å². The minimum Gasteiger partial charge on any atom is -0.388 e. The Hall–Kier alpha value is -2.01. The number of aliphatic hydroxyl groups is 1. The molecule has 0 aliphatic heterocycles. The Morgan fingerprint density at radius 3 is 2.44 bits per heavy atom. The molecule has 0 fully saturated rings. The number of hydrogen-bond acceptors (Lipinski definition) is 3. The Kier molecular flexibility index (Phi) is 3.53. The summed E-state index contributed by atoms with van der Waals surface area (Å²) in [5, 5.41) is 9.90. The van der Waals surface area contributed by atoms with Gasteiger partial charge in [-0.25, -0.2) is 13.8 Å². The standard InChI is InChI=1S/C13H12F2N2O/c14-9-4-1-5-10(15)12(9)11(18)7-8-3-2-6-17-13(8)16/h1-6,11,18H,7H2,(H2,16,17). The Bertz CT molecular complexity index is 540. The summed E-state index contributed by atoms with van der Waals surface area (Å²) < 4.78 is 26.9. The highest BCUT2D eigenvalue weighted by molar-refractivity contribution is 5.39. The lowest BCUT2D eigenvalue weighted by molar-refractivity contribution is 0.168. The van der Waals surface area contributed by atoms with Crippen molar-refractivity contribution < 1.29 is 13.9 Å². The average molecular weight is 250 g/mol. The summed E-state index contributed by atoms with van der Waals surface area (Å²) in [5.74, 6) is -1.30. The molecule has 0 saturated carbocycles. The second kappa shape index (κ2) is 5.10. The molecule has 0 aliphatic rings. The smallest absolute Gasteiger partial charge is 0.131 e. The Morgan fingerprint density at radius 2 is 1.83 bits per heavy atom. The van der Waals surface area contributed by atoms with E-state index in [2.05, 4.69) is 4.98 Å². The summed E-state index contributed by atoms with van der Waals surface area (Å²) in [4.78, 5) is 3.85. The van der Waals surface area contributed by atoms with E-state index in [0.717, 1.165) is 12.1 Å². The number of aliphatic hydroxyl groups excluding tert-OH is 1. The molecule has 1 heterocycles. The first-order valence-electron chi connectivity index (χ1n) is 5.41. The predicted octanol–water partition coefficient (Wildman–Crippen LogP) is 2.22. The van der Waals surface area contributed by atoms with Crippen LogP contribution in [0, 0.1) is 11.6 Å². The molecule has 1 unspecified atom stereocenters. The molecule has 0 saturated heterocycles. The number of halogens is 2. The first-order chi connectivity index (χ1) is 8.59. The molecule has 18 heavy (non-hydrogen) atoms. The number of nitrogens with two attached hydrogens (primary N) is 1. The molecule has 94 valence electrons. The molecular weight excluding hydrogens is 238 g/mol. The van der Waals surface area contributed by atoms with Crippen molar-refractivity contribution >= 4 is 5.82 Å². The number of benzene rings is 1. The van der Waals surface area contributed by atoms with Crippen molar-refractivity contribution in [1.82, 2.24) is 4.98 Å². The van der Waals surface area contributed by atoms with Crippen LogP contribution < -0.4 is 5.73 Å². The van der Waals surface area contributed by atoms with Gasteiger partial charge in [-0.05, 0) is 23.8 Å². The quantitative estimate of drug-likeness (QED) is 0.878. The molecule has 0 amide bonds. The highest BCUT2D eigenvalue weighted by atomic mass is 19.1. The zero-order valence-corrected chi connectivity index (χ0v) is 9.48. The van der Waals surface area contributed by atoms with Crippen molar-refractivity contribution in [2.24, 2.45) is 0 Å². The van der Waals surface area contributed by atoms with Gasteiger partial charge in [-0.15, -0.1) is 0 Å². The van der Waals surface area contributed by atoms with Gasteiger partial charge in [0.1, 0.15) is 17.5 Å². The van der Waals surface area contributed by atoms with Crippen LogP contribution in [-0.2, 0) is 6.42 Å². The van der Waals surface area contributed by atoms with E-state index in [-0.39, 0.29) is 17.8 Å². The van der Waals surface area contributed by atoms with Gasteiger partial charge >= 0.3 is 0 Å². The molecule has 3 nitrogen and oxygen atoms in total. The summed E-state index contributed by atoms with van der Waals surface area (Å²) in [7, 11) is 0. The normalized spacial score (nSPS) is 12.4. The summed E-state index contributed by atoms with van der Waals surface area (Å²) in [6, 6.07) is 6.77. The second-order valence-corrected chi connectivity index (χ2v) is 3.90. The van der Waals surface area contributed by atoms with Crippen LogP contribution in [0.3, 0.4) is 0 Å². The number of hydrogen-bond donors (Lipinski definition) is 2. The molecule has 1 aromatic carbocycles. The number of nitrogens with zero attached hydrogens (tertiary/aromatic N) is 1. The van der Waals surface area contributed by atoms with Crippen LogP contribution in [0.4, 0.5) is 14.6 Å². The lowest BCUT2D eigenvalue weighted by Crippen LogP contribution is -2.09. The number of anilines is 1. The van der Waals surface area contributed by atoms with Gasteiger partial charge in [0, 0.05) is 12.6 Å². The van der Waals surface area contributed by atoms with E-state index in [1.165, 1.54) is 12.3 Å². The van der Waals surface area contributed by atoms with Crippen LogP contribution in [0.2, 0.25) is 0 Å². The van der Waals surface area contributed by atoms with Crippen LogP contribution in [-0.4, -0.2) is 10.1 Å². The highest BCUT2D eigenvalue weighted by Crippen LogP contribution is 2.25. The Balaban J connectivity index is 2.28. The first kappa shape index (κ1) is 12.4. The van der Waals surface area contributed by atoms with Crippen LogP contribution in [0.1, 0.15) is 17.2 Å². The third-order valence-electron chi connectivity index (χ3n) is 2.67. The maximum atomic E-state index is 13.5. The van der Waals surface area contributed by atoms with E-state index in [9.17, 15) is 13.9 Å². The summed E-state index contributed by atoms with van der Waals surface area (Å²) in [6.45, 7) is 0. The van der Waals surface area contributed by atoms with Crippen LogP contribution in [0.25, 0.3) is 0 Å². The lowest BCUT2D eigenvalue weighted by Gasteiger charge is -2.13. The lowest BCUT2D eigenvalue weighted by atomic mass is 10.0. The van der Waals surface area contributed by atoms with Crippen molar-refractivity contribution in [3.63, 3.8) is 0 Å². The maximum absolute atomic E-state index is 13.5. The van der Waals surface area contributed by atoms with Gasteiger partial charge in [0.05, 0.1) is 11.7 Å². The summed E-state index contributed by atoms with van der Waals surface area (Å²) in [5.41, 5.74) is 5.82. The van der Waals surface area contributed by atoms with E-state index in [0.29, 0.717) is 5.56 Å². The number of aromatic nitrogens is 1. The maximum Gasteiger partial charge on any atom is 0.131 e. The van der Waals surface area contributed by atoms with Gasteiger partial charge < -0.3 is 10.8 Å². The van der Waals surface area contributed by atoms with Crippen molar-refractivity contribution in [3.05, 3.63) is 59.3 Å². The van der Waals surface area contributed by atoms with E-state index in [4.69, 9.17) is 5.73 Å². The van der Waals surface area contributed by atoms with Crippen LogP contribution in [0.5, 0.6) is 0 Å². The van der Waals surface area contributed by atoms with Gasteiger partial charge in [0.15, 0.2) is 0 Å². The summed E-state index contributed by atoms with van der Waals surface area (Å²) >= 11 is 0. The topological polar surface area (TPSA) is 59.1 Å². The first-order valence-corrected chi connectivity index (χ1v) is 5.41. The van der Waals surface area contributed by atoms with Gasteiger partial charge in [-0.3, -0.25) is 0 Å². The highest BCUT2D eigenvalue weighted by Gasteiger charge is 2.19. The fourth-order valence-electron chi connectivity index (χ4n) is 1.76. The van der Waals surface area contributed by atoms with E-state index >= 15 is 0 Å². The molecular formula is C13H12F2N2O. The molecule has 2 aromatic rings. The molecule has 1 atom stereocenters. The molecule has 1 aromatic heterocycles. The molecule has 3 N–H and O–H groups in total. The third-order valence-corrected chi connectivity index (χ3v) is 2.67. The van der Waals surface area contributed by atoms with Crippen LogP contribution >= 0.6 is 0 Å². The molecule has 0 bridgehead atoms. The van der Waals surface area contributed by atoms with Crippen molar-refractivity contribution in [2.75, 3.05) is 5.73 Å². The van der Waals surface area contributed by atoms with Gasteiger partial charge in [0.25, 0.3) is 0 Å². The number of nitrogen functional groups attached to an aromatic ring is 1. The summed E-state index contributed by atoms with van der Waals surface area (Å²) in [6.07, 6.45) is 0.226. The third kappa shape index (κ3) is 2.46. The molecule has 5 heteroatoms. The Labute approximate surface area is 103 Å². The van der Waals surface area contributed by atoms with E-state index in [1.54, 1.807) is 12.1 Å². The molecule has 0 aliphatic carbocycles. The zero-order chi connectivity index (χ0) is 13.1. The molecule has 0 radical (unpaired) electrons. The monoisotopic (exact) mass is 250 g/mol. The van der Waals surface area contributed by atoms with E-state index in [1.807, 2.05) is 0 Å². The molecule has 2 rings (SSSR count). The second-order valence-electron chi connectivity index (χ2n) is 3.90. The minimum absolute atomic E-state index is 0.0114. The zero-order valence-electron chi connectivity index (χ0n) is 9.48. The Morgan fingerprint density at radius 1 is 1.17 bits per heavy atom. The van der Waals surface area contributed by atoms with Crippen LogP contribution in [0.15, 0.2) is 36.5 Å². The number of pyridine rings is 1. The average Bonchev–Trinajstić information content (AvgIpc) is 2.32. The predicted molar refractivity (Wildman–Crippen MR) is 63.7 cm³/mol. The fraction of sp³-hybridized carbons (Fsp3) is 0.154. The largest absolute Gasteiger partial charge is 0.388 e. The minimum atomic E-state index is -1.29. The fourth-order valence-corrected chi connectivity index (χ4v) is 1.76. The number of rotatable bonds is 3. The van der Waals surface area contributed by atoms with Crippen molar-refractivity contribution in [1.29, 1.82) is 0 Å². The van der Waals surface area contributed by atoms with Gasteiger partial charge in [-0.1, -0.05) is 12.1 Å². The van der Waals surface area contributed by atoms with Crippen molar-refractivity contribution in [3.8, 4) is 0 Å². The van der Waals surface area contributed by atoms with E-state index < -0.39 is 17.7 Å². The molecule has 0 spiro atoms.